The highest BCUT2D eigenvalue weighted by Gasteiger charge is 2.51. The number of aliphatic hydroxyl groups is 1. The van der Waals surface area contributed by atoms with Gasteiger partial charge in [-0.2, -0.15) is 0 Å². The highest BCUT2D eigenvalue weighted by molar-refractivity contribution is 6.30. The molecule has 2 aliphatic rings. The molecule has 0 bridgehead atoms. The van der Waals surface area contributed by atoms with Crippen LogP contribution in [0, 0.1) is 5.82 Å². The van der Waals surface area contributed by atoms with Crippen molar-refractivity contribution >= 4 is 40.7 Å². The molecular weight excluding hydrogens is 425 g/mol. The Morgan fingerprint density at radius 1 is 1.23 bits per heavy atom. The zero-order valence-electron chi connectivity index (χ0n) is 16.8. The lowest BCUT2D eigenvalue weighted by Crippen LogP contribution is -2.52. The van der Waals surface area contributed by atoms with Gasteiger partial charge < -0.3 is 20.2 Å². The summed E-state index contributed by atoms with van der Waals surface area (Å²) >= 11 is 5.81. The molecule has 2 heterocycles. The molecule has 1 fully saturated rings. The van der Waals surface area contributed by atoms with Gasteiger partial charge in [0.05, 0.1) is 0 Å². The van der Waals surface area contributed by atoms with E-state index in [2.05, 4.69) is 5.32 Å². The maximum atomic E-state index is 13.5. The average molecular weight is 446 g/mol. The van der Waals surface area contributed by atoms with E-state index in [0.717, 1.165) is 17.3 Å². The summed E-state index contributed by atoms with van der Waals surface area (Å²) in [6.07, 6.45) is 0.879. The van der Waals surface area contributed by atoms with Crippen molar-refractivity contribution in [3.05, 3.63) is 58.4 Å². The molecule has 1 unspecified atom stereocenters. The third-order valence-electron chi connectivity index (χ3n) is 5.77. The van der Waals surface area contributed by atoms with Crippen LogP contribution >= 0.6 is 11.6 Å². The zero-order chi connectivity index (χ0) is 22.3. The van der Waals surface area contributed by atoms with Gasteiger partial charge in [-0.1, -0.05) is 11.6 Å². The maximum absolute atomic E-state index is 13.5. The highest BCUT2D eigenvalue weighted by Crippen LogP contribution is 2.34. The van der Waals surface area contributed by atoms with Crippen molar-refractivity contribution in [1.29, 1.82) is 0 Å². The molecule has 2 N–H and O–H groups in total. The van der Waals surface area contributed by atoms with Gasteiger partial charge in [0, 0.05) is 49.4 Å². The van der Waals surface area contributed by atoms with Crippen LogP contribution in [0.5, 0.6) is 0 Å². The summed E-state index contributed by atoms with van der Waals surface area (Å²) in [5.74, 6) is -2.08. The Kier molecular flexibility index (Phi) is 5.45. The van der Waals surface area contributed by atoms with Crippen molar-refractivity contribution in [3.8, 4) is 0 Å². The summed E-state index contributed by atoms with van der Waals surface area (Å²) in [5.41, 5.74) is 0.480. The Hall–Kier alpha value is -2.97. The summed E-state index contributed by atoms with van der Waals surface area (Å²) in [7, 11) is 1.70. The standard InChI is InChI=1S/C22H21ClFN3O4/c1-26-18-4-3-17(10-14(18)2-5-19(26)28)27-7-6-22(31,21(27)30)20(29)25-12-13-8-15(23)11-16(24)9-13/h3-4,8-11,31H,2,5-7,12H2,1H3,(H,25,29). The van der Waals surface area contributed by atoms with E-state index in [1.54, 1.807) is 24.1 Å². The van der Waals surface area contributed by atoms with Gasteiger partial charge >= 0.3 is 0 Å². The van der Waals surface area contributed by atoms with E-state index in [9.17, 15) is 23.9 Å². The lowest BCUT2D eigenvalue weighted by molar-refractivity contribution is -0.149. The number of aryl methyl sites for hydroxylation is 1. The first-order valence-corrected chi connectivity index (χ1v) is 10.2. The molecule has 2 aromatic carbocycles. The zero-order valence-corrected chi connectivity index (χ0v) is 17.6. The second-order valence-corrected chi connectivity index (χ2v) is 8.23. The van der Waals surface area contributed by atoms with Gasteiger partial charge in [0.1, 0.15) is 5.82 Å². The first-order valence-electron chi connectivity index (χ1n) is 9.86. The van der Waals surface area contributed by atoms with Crippen molar-refractivity contribution < 1.29 is 23.9 Å². The third kappa shape index (κ3) is 3.88. The van der Waals surface area contributed by atoms with E-state index in [0.29, 0.717) is 24.1 Å². The van der Waals surface area contributed by atoms with Crippen LogP contribution in [0.2, 0.25) is 5.02 Å². The second-order valence-electron chi connectivity index (χ2n) is 7.79. The SMILES string of the molecule is CN1C(=O)CCc2cc(N3CCC(O)(C(=O)NCc4cc(F)cc(Cl)c4)C3=O)ccc21. The predicted molar refractivity (Wildman–Crippen MR) is 113 cm³/mol. The number of fused-ring (bicyclic) bond motifs is 1. The predicted octanol–water partition coefficient (Wildman–Crippen LogP) is 2.17. The molecule has 2 aliphatic heterocycles. The van der Waals surface area contributed by atoms with E-state index in [1.165, 1.54) is 17.0 Å². The maximum Gasteiger partial charge on any atom is 0.268 e. The minimum absolute atomic E-state index is 0.0307. The van der Waals surface area contributed by atoms with E-state index >= 15 is 0 Å². The van der Waals surface area contributed by atoms with Crippen molar-refractivity contribution in [2.75, 3.05) is 23.4 Å². The van der Waals surface area contributed by atoms with Crippen LogP contribution in [0.1, 0.15) is 24.0 Å². The minimum Gasteiger partial charge on any atom is -0.372 e. The Morgan fingerprint density at radius 3 is 2.74 bits per heavy atom. The van der Waals surface area contributed by atoms with Crippen LogP contribution in [-0.4, -0.2) is 42.0 Å². The third-order valence-corrected chi connectivity index (χ3v) is 5.98. The first kappa shape index (κ1) is 21.3. The molecule has 0 saturated carbocycles. The molecule has 0 radical (unpaired) electrons. The van der Waals surface area contributed by atoms with Crippen molar-refractivity contribution in [2.45, 2.75) is 31.4 Å². The molecule has 0 aliphatic carbocycles. The average Bonchev–Trinajstić information content (AvgIpc) is 3.04. The largest absolute Gasteiger partial charge is 0.372 e. The molecule has 162 valence electrons. The molecule has 1 saturated heterocycles. The fourth-order valence-electron chi connectivity index (χ4n) is 4.01. The lowest BCUT2D eigenvalue weighted by Gasteiger charge is -2.28. The number of hydrogen-bond acceptors (Lipinski definition) is 4. The van der Waals surface area contributed by atoms with Crippen molar-refractivity contribution in [1.82, 2.24) is 5.32 Å². The molecule has 4 rings (SSSR count). The summed E-state index contributed by atoms with van der Waals surface area (Å²) in [6.45, 7) is 0.0905. The molecular formula is C22H21ClFN3O4. The van der Waals surface area contributed by atoms with E-state index in [4.69, 9.17) is 11.6 Å². The number of hydrogen-bond donors (Lipinski definition) is 2. The Labute approximate surface area is 183 Å². The van der Waals surface area contributed by atoms with Crippen LogP contribution in [-0.2, 0) is 27.3 Å². The number of carbonyl (C=O) groups excluding carboxylic acids is 3. The highest BCUT2D eigenvalue weighted by atomic mass is 35.5. The molecule has 0 aromatic heterocycles. The topological polar surface area (TPSA) is 89.9 Å². The summed E-state index contributed by atoms with van der Waals surface area (Å²) in [4.78, 5) is 40.4. The van der Waals surface area contributed by atoms with Crippen LogP contribution in [0.15, 0.2) is 36.4 Å². The molecule has 9 heteroatoms. The number of amides is 3. The van der Waals surface area contributed by atoms with Crippen molar-refractivity contribution in [2.24, 2.45) is 0 Å². The quantitative estimate of drug-likeness (QED) is 0.706. The first-order chi connectivity index (χ1) is 14.7. The van der Waals surface area contributed by atoms with Gasteiger partial charge in [-0.05, 0) is 53.9 Å². The Bertz CT molecular complexity index is 1070. The normalized spacial score (nSPS) is 20.8. The van der Waals surface area contributed by atoms with Crippen LogP contribution < -0.4 is 15.1 Å². The number of anilines is 2. The molecule has 1 atom stereocenters. The van der Waals surface area contributed by atoms with Gasteiger partial charge in [0.2, 0.25) is 11.5 Å². The summed E-state index contributed by atoms with van der Waals surface area (Å²) in [6, 6.07) is 9.13. The van der Waals surface area contributed by atoms with Crippen LogP contribution in [0.25, 0.3) is 0 Å². The summed E-state index contributed by atoms with van der Waals surface area (Å²) in [5, 5.41) is 13.5. The minimum atomic E-state index is -2.21. The second kappa shape index (κ2) is 7.94. The van der Waals surface area contributed by atoms with E-state index < -0.39 is 23.2 Å². The monoisotopic (exact) mass is 445 g/mol. The Balaban J connectivity index is 1.49. The fourth-order valence-corrected chi connectivity index (χ4v) is 4.26. The Morgan fingerprint density at radius 2 is 2.00 bits per heavy atom. The molecule has 0 spiro atoms. The number of nitrogens with one attached hydrogen (secondary N) is 1. The van der Waals surface area contributed by atoms with Gasteiger partial charge in [-0.25, -0.2) is 4.39 Å². The molecule has 2 aromatic rings. The lowest BCUT2D eigenvalue weighted by atomic mass is 10.00. The summed E-state index contributed by atoms with van der Waals surface area (Å²) < 4.78 is 13.5. The van der Waals surface area contributed by atoms with Crippen molar-refractivity contribution in [3.63, 3.8) is 0 Å². The number of halogens is 2. The van der Waals surface area contributed by atoms with Crippen LogP contribution in [0.4, 0.5) is 15.8 Å². The number of nitrogens with zero attached hydrogens (tertiary/aromatic N) is 2. The van der Waals surface area contributed by atoms with Crippen LogP contribution in [0.3, 0.4) is 0 Å². The number of carbonyl (C=O) groups is 3. The van der Waals surface area contributed by atoms with E-state index in [-0.39, 0.29) is 30.4 Å². The van der Waals surface area contributed by atoms with Gasteiger partial charge in [0.25, 0.3) is 11.8 Å². The molecule has 7 nitrogen and oxygen atoms in total. The fraction of sp³-hybridized carbons (Fsp3) is 0.318. The van der Waals surface area contributed by atoms with Gasteiger partial charge in [-0.3, -0.25) is 14.4 Å². The number of rotatable bonds is 4. The van der Waals surface area contributed by atoms with Gasteiger partial charge in [0.15, 0.2) is 0 Å². The number of benzene rings is 2. The van der Waals surface area contributed by atoms with Gasteiger partial charge in [-0.15, -0.1) is 0 Å². The smallest absolute Gasteiger partial charge is 0.268 e. The molecule has 31 heavy (non-hydrogen) atoms. The molecule has 3 amide bonds. The van der Waals surface area contributed by atoms with E-state index in [1.807, 2.05) is 6.07 Å².